The quantitative estimate of drug-likeness (QED) is 0.659. The number of carbonyl (C=O) groups is 2. The van der Waals surface area contributed by atoms with Gasteiger partial charge in [-0.1, -0.05) is 15.9 Å². The molecular formula is C20H22BrN3O4. The molecule has 8 heteroatoms. The minimum absolute atomic E-state index is 0.0652. The highest BCUT2D eigenvalue weighted by Crippen LogP contribution is 2.30. The van der Waals surface area contributed by atoms with Crippen molar-refractivity contribution in [2.45, 2.75) is 13.3 Å². The van der Waals surface area contributed by atoms with Gasteiger partial charge in [0, 0.05) is 36.4 Å². The third-order valence-corrected chi connectivity index (χ3v) is 5.39. The SMILES string of the molecule is COCCOc1ncccc1NC(=O)C1CC(=O)N(c2ccc(Br)c(C)c2)C1. The van der Waals surface area contributed by atoms with Crippen LogP contribution in [0.5, 0.6) is 5.88 Å². The maximum atomic E-state index is 12.7. The normalized spacial score (nSPS) is 16.3. The Morgan fingerprint density at radius 3 is 2.93 bits per heavy atom. The molecule has 1 aliphatic heterocycles. The molecule has 0 radical (unpaired) electrons. The van der Waals surface area contributed by atoms with Crippen LogP contribution in [-0.2, 0) is 14.3 Å². The van der Waals surface area contributed by atoms with Gasteiger partial charge in [0.2, 0.25) is 17.7 Å². The fourth-order valence-electron chi connectivity index (χ4n) is 2.99. The van der Waals surface area contributed by atoms with Crippen LogP contribution in [0.3, 0.4) is 0 Å². The standard InChI is InChI=1S/C20H22BrN3O4/c1-13-10-15(5-6-16(13)21)24-12-14(11-18(24)25)19(26)23-17-4-3-7-22-20(17)28-9-8-27-2/h3-7,10,14H,8-9,11-12H2,1-2H3,(H,23,26). The molecule has 2 aromatic rings. The Morgan fingerprint density at radius 2 is 2.18 bits per heavy atom. The van der Waals surface area contributed by atoms with Crippen molar-refractivity contribution in [3.05, 3.63) is 46.6 Å². The van der Waals surface area contributed by atoms with Crippen molar-refractivity contribution in [2.24, 2.45) is 5.92 Å². The number of amides is 2. The van der Waals surface area contributed by atoms with Gasteiger partial charge in [0.15, 0.2) is 0 Å². The molecule has 148 valence electrons. The van der Waals surface area contributed by atoms with E-state index in [0.29, 0.717) is 31.3 Å². The van der Waals surface area contributed by atoms with E-state index >= 15 is 0 Å². The van der Waals surface area contributed by atoms with Crippen molar-refractivity contribution in [3.8, 4) is 5.88 Å². The summed E-state index contributed by atoms with van der Waals surface area (Å²) in [5.41, 5.74) is 2.31. The van der Waals surface area contributed by atoms with Gasteiger partial charge in [-0.05, 0) is 42.8 Å². The third kappa shape index (κ3) is 4.69. The number of hydrogen-bond acceptors (Lipinski definition) is 5. The fourth-order valence-corrected chi connectivity index (χ4v) is 3.23. The van der Waals surface area contributed by atoms with Crippen LogP contribution in [0.2, 0.25) is 0 Å². The Hall–Kier alpha value is -2.45. The molecule has 1 atom stereocenters. The molecule has 1 aromatic heterocycles. The first-order valence-corrected chi connectivity index (χ1v) is 9.73. The molecule has 0 bridgehead atoms. The van der Waals surface area contributed by atoms with Crippen molar-refractivity contribution in [2.75, 3.05) is 37.1 Å². The molecule has 1 N–H and O–H groups in total. The predicted octanol–water partition coefficient (Wildman–Crippen LogP) is 3.17. The van der Waals surface area contributed by atoms with E-state index in [-0.39, 0.29) is 18.2 Å². The largest absolute Gasteiger partial charge is 0.474 e. The summed E-state index contributed by atoms with van der Waals surface area (Å²) in [4.78, 5) is 31.0. The maximum Gasteiger partial charge on any atom is 0.237 e. The first-order valence-electron chi connectivity index (χ1n) is 8.93. The molecule has 1 aliphatic rings. The van der Waals surface area contributed by atoms with Crippen LogP contribution >= 0.6 is 15.9 Å². The molecule has 0 aliphatic carbocycles. The summed E-state index contributed by atoms with van der Waals surface area (Å²) in [6.07, 6.45) is 1.76. The molecule has 0 spiro atoms. The topological polar surface area (TPSA) is 80.8 Å². The number of hydrogen-bond donors (Lipinski definition) is 1. The first kappa shape index (κ1) is 20.3. The Balaban J connectivity index is 1.67. The predicted molar refractivity (Wildman–Crippen MR) is 110 cm³/mol. The highest BCUT2D eigenvalue weighted by molar-refractivity contribution is 9.10. The third-order valence-electron chi connectivity index (χ3n) is 4.50. The zero-order valence-electron chi connectivity index (χ0n) is 15.8. The summed E-state index contributed by atoms with van der Waals surface area (Å²) >= 11 is 3.46. The van der Waals surface area contributed by atoms with Crippen LogP contribution in [0, 0.1) is 12.8 Å². The number of pyridine rings is 1. The molecule has 1 unspecified atom stereocenters. The van der Waals surface area contributed by atoms with Crippen LogP contribution in [0.1, 0.15) is 12.0 Å². The number of anilines is 2. The van der Waals surface area contributed by atoms with Gasteiger partial charge < -0.3 is 19.7 Å². The zero-order chi connectivity index (χ0) is 20.1. The van der Waals surface area contributed by atoms with Crippen LogP contribution in [0.15, 0.2) is 41.0 Å². The number of methoxy groups -OCH3 is 1. The molecule has 28 heavy (non-hydrogen) atoms. The number of aryl methyl sites for hydroxylation is 1. The van der Waals surface area contributed by atoms with Gasteiger partial charge >= 0.3 is 0 Å². The molecule has 2 amide bonds. The van der Waals surface area contributed by atoms with Gasteiger partial charge in [-0.25, -0.2) is 4.98 Å². The average Bonchev–Trinajstić information content (AvgIpc) is 3.07. The monoisotopic (exact) mass is 447 g/mol. The van der Waals surface area contributed by atoms with Gasteiger partial charge in [0.1, 0.15) is 12.3 Å². The zero-order valence-corrected chi connectivity index (χ0v) is 17.4. The van der Waals surface area contributed by atoms with Gasteiger partial charge in [-0.2, -0.15) is 0 Å². The van der Waals surface area contributed by atoms with E-state index in [1.807, 2.05) is 25.1 Å². The van der Waals surface area contributed by atoms with Crippen molar-refractivity contribution in [1.82, 2.24) is 4.98 Å². The lowest BCUT2D eigenvalue weighted by Gasteiger charge is -2.18. The number of carbonyl (C=O) groups excluding carboxylic acids is 2. The average molecular weight is 448 g/mol. The fraction of sp³-hybridized carbons (Fsp3) is 0.350. The first-order chi connectivity index (χ1) is 13.5. The van der Waals surface area contributed by atoms with Gasteiger partial charge in [0.25, 0.3) is 0 Å². The molecular weight excluding hydrogens is 426 g/mol. The molecule has 1 aromatic carbocycles. The second-order valence-corrected chi connectivity index (χ2v) is 7.38. The van der Waals surface area contributed by atoms with Crippen molar-refractivity contribution in [3.63, 3.8) is 0 Å². The highest BCUT2D eigenvalue weighted by atomic mass is 79.9. The van der Waals surface area contributed by atoms with Crippen LogP contribution in [0.4, 0.5) is 11.4 Å². The highest BCUT2D eigenvalue weighted by Gasteiger charge is 2.35. The second kappa shape index (κ2) is 9.16. The van der Waals surface area contributed by atoms with E-state index in [1.165, 1.54) is 0 Å². The lowest BCUT2D eigenvalue weighted by Crippen LogP contribution is -2.28. The molecule has 3 rings (SSSR count). The smallest absolute Gasteiger partial charge is 0.237 e. The van der Waals surface area contributed by atoms with E-state index in [1.54, 1.807) is 30.3 Å². The molecule has 7 nitrogen and oxygen atoms in total. The lowest BCUT2D eigenvalue weighted by molar-refractivity contribution is -0.122. The molecule has 0 saturated carbocycles. The number of rotatable bonds is 7. The molecule has 1 fully saturated rings. The Bertz CT molecular complexity index is 874. The Morgan fingerprint density at radius 1 is 1.36 bits per heavy atom. The minimum Gasteiger partial charge on any atom is -0.474 e. The van der Waals surface area contributed by atoms with E-state index in [0.717, 1.165) is 15.7 Å². The lowest BCUT2D eigenvalue weighted by atomic mass is 10.1. The van der Waals surface area contributed by atoms with Gasteiger partial charge in [-0.15, -0.1) is 0 Å². The molecule has 2 heterocycles. The van der Waals surface area contributed by atoms with Crippen molar-refractivity contribution in [1.29, 1.82) is 0 Å². The summed E-state index contributed by atoms with van der Waals surface area (Å²) < 4.78 is 11.5. The van der Waals surface area contributed by atoms with E-state index in [4.69, 9.17) is 9.47 Å². The summed E-state index contributed by atoms with van der Waals surface area (Å²) in [7, 11) is 1.58. The summed E-state index contributed by atoms with van der Waals surface area (Å²) in [6, 6.07) is 9.16. The number of halogens is 1. The second-order valence-electron chi connectivity index (χ2n) is 6.53. The van der Waals surface area contributed by atoms with Crippen molar-refractivity contribution < 1.29 is 19.1 Å². The number of aromatic nitrogens is 1. The summed E-state index contributed by atoms with van der Waals surface area (Å²) in [5.74, 6) is -0.403. The number of nitrogens with zero attached hydrogens (tertiary/aromatic N) is 2. The van der Waals surface area contributed by atoms with Crippen LogP contribution < -0.4 is 15.0 Å². The summed E-state index contributed by atoms with van der Waals surface area (Å²) in [5, 5.41) is 2.84. The minimum atomic E-state index is -0.441. The summed E-state index contributed by atoms with van der Waals surface area (Å²) in [6.45, 7) is 3.05. The van der Waals surface area contributed by atoms with Crippen LogP contribution in [-0.4, -0.2) is 43.7 Å². The number of nitrogens with one attached hydrogen (secondary N) is 1. The number of ether oxygens (including phenoxy) is 2. The van der Waals surface area contributed by atoms with E-state index < -0.39 is 5.92 Å². The maximum absolute atomic E-state index is 12.7. The van der Waals surface area contributed by atoms with E-state index in [9.17, 15) is 9.59 Å². The van der Waals surface area contributed by atoms with Crippen molar-refractivity contribution >= 4 is 39.1 Å². The van der Waals surface area contributed by atoms with Crippen LogP contribution in [0.25, 0.3) is 0 Å². The van der Waals surface area contributed by atoms with E-state index in [2.05, 4.69) is 26.2 Å². The Labute approximate surface area is 172 Å². The number of benzene rings is 1. The molecule has 1 saturated heterocycles. The van der Waals surface area contributed by atoms with Gasteiger partial charge in [-0.3, -0.25) is 9.59 Å². The Kier molecular flexibility index (Phi) is 6.64. The van der Waals surface area contributed by atoms with Gasteiger partial charge in [0.05, 0.1) is 12.5 Å².